The number of rotatable bonds is 6. The van der Waals surface area contributed by atoms with Gasteiger partial charge < -0.3 is 36.5 Å². The first-order chi connectivity index (χ1) is 16.9. The Morgan fingerprint density at radius 2 is 2.03 bits per heavy atom. The molecule has 10 heteroatoms. The summed E-state index contributed by atoms with van der Waals surface area (Å²) in [5.41, 5.74) is 7.25. The van der Waals surface area contributed by atoms with Crippen LogP contribution in [0.5, 0.6) is 11.5 Å². The minimum absolute atomic E-state index is 0.0802. The van der Waals surface area contributed by atoms with E-state index in [0.717, 1.165) is 17.0 Å². The van der Waals surface area contributed by atoms with Crippen LogP contribution in [-0.4, -0.2) is 59.4 Å². The third kappa shape index (κ3) is 5.32. The summed E-state index contributed by atoms with van der Waals surface area (Å²) in [6.07, 6.45) is 4.33. The van der Waals surface area contributed by atoms with Crippen LogP contribution in [0.15, 0.2) is 54.9 Å². The monoisotopic (exact) mass is 474 g/mol. The summed E-state index contributed by atoms with van der Waals surface area (Å²) in [4.78, 5) is 31.2. The average Bonchev–Trinajstić information content (AvgIpc) is 3.31. The number of ether oxygens (including phenoxy) is 1. The number of aromatic hydroxyl groups is 1. The number of nitrogens with zero attached hydrogens (tertiary/aromatic N) is 2. The van der Waals surface area contributed by atoms with Crippen molar-refractivity contribution in [3.05, 3.63) is 66.0 Å². The fourth-order valence-electron chi connectivity index (χ4n) is 3.93. The lowest BCUT2D eigenvalue weighted by molar-refractivity contribution is 0.0937. The molecule has 1 atom stereocenters. The number of pyridine rings is 1. The van der Waals surface area contributed by atoms with Crippen molar-refractivity contribution in [2.24, 2.45) is 0 Å². The summed E-state index contributed by atoms with van der Waals surface area (Å²) < 4.78 is 5.51. The van der Waals surface area contributed by atoms with Crippen LogP contribution in [0.2, 0.25) is 0 Å². The number of nitrogens with one attached hydrogen (secondary N) is 3. The molecule has 2 amide bonds. The van der Waals surface area contributed by atoms with Crippen LogP contribution >= 0.6 is 0 Å². The first kappa shape index (κ1) is 23.6. The van der Waals surface area contributed by atoms with E-state index in [1.165, 1.54) is 11.1 Å². The molecule has 0 radical (unpaired) electrons. The van der Waals surface area contributed by atoms with Gasteiger partial charge >= 0.3 is 6.09 Å². The molecular weight excluding hydrogens is 448 g/mol. The smallest absolute Gasteiger partial charge is 0.415 e. The van der Waals surface area contributed by atoms with Gasteiger partial charge in [-0.2, -0.15) is 0 Å². The molecule has 2 aromatic carbocycles. The van der Waals surface area contributed by atoms with Crippen molar-refractivity contribution in [3.63, 3.8) is 0 Å². The molecule has 180 valence electrons. The van der Waals surface area contributed by atoms with E-state index in [0.29, 0.717) is 29.9 Å². The number of phenols is 1. The summed E-state index contributed by atoms with van der Waals surface area (Å²) in [6.45, 7) is 0.714. The van der Waals surface area contributed by atoms with Crippen molar-refractivity contribution in [1.29, 1.82) is 5.41 Å². The lowest BCUT2D eigenvalue weighted by Crippen LogP contribution is -2.39. The molecule has 4 rings (SSSR count). The number of hydrogen-bond acceptors (Lipinski definition) is 8. The number of allylic oxidation sites excluding steroid dienone is 1. The van der Waals surface area contributed by atoms with Crippen molar-refractivity contribution in [3.8, 4) is 11.5 Å². The predicted molar refractivity (Wildman–Crippen MR) is 134 cm³/mol. The van der Waals surface area contributed by atoms with E-state index < -0.39 is 12.0 Å². The van der Waals surface area contributed by atoms with Gasteiger partial charge in [-0.05, 0) is 47.5 Å². The Morgan fingerprint density at radius 1 is 1.23 bits per heavy atom. The second-order valence-electron chi connectivity index (χ2n) is 8.16. The quantitative estimate of drug-likeness (QED) is 0.344. The highest BCUT2D eigenvalue weighted by atomic mass is 16.6. The lowest BCUT2D eigenvalue weighted by atomic mass is 10.1. The van der Waals surface area contributed by atoms with E-state index in [9.17, 15) is 14.7 Å². The van der Waals surface area contributed by atoms with Crippen LogP contribution in [0.25, 0.3) is 16.3 Å². The van der Waals surface area contributed by atoms with E-state index in [-0.39, 0.29) is 29.7 Å². The van der Waals surface area contributed by atoms with Crippen LogP contribution in [-0.2, 0) is 0 Å². The number of hydrogen-bond donors (Lipinski definition) is 5. The molecular formula is C25H26N6O4. The van der Waals surface area contributed by atoms with Gasteiger partial charge in [0.2, 0.25) is 0 Å². The third-order valence-electron chi connectivity index (χ3n) is 5.73. The van der Waals surface area contributed by atoms with E-state index >= 15 is 0 Å². The van der Waals surface area contributed by atoms with Crippen LogP contribution in [0.1, 0.15) is 22.3 Å². The topological polar surface area (TPSA) is 154 Å². The van der Waals surface area contributed by atoms with Gasteiger partial charge in [-0.1, -0.05) is 12.1 Å². The number of amides is 2. The molecule has 1 aliphatic rings. The summed E-state index contributed by atoms with van der Waals surface area (Å²) in [7, 11) is 1.71. The maximum absolute atomic E-state index is 12.9. The number of benzene rings is 2. The second-order valence-corrected chi connectivity index (χ2v) is 8.16. The largest absolute Gasteiger partial charge is 0.508 e. The molecule has 35 heavy (non-hydrogen) atoms. The van der Waals surface area contributed by atoms with Crippen LogP contribution in [0.4, 0.5) is 10.6 Å². The first-order valence-electron chi connectivity index (χ1n) is 11.0. The zero-order valence-electron chi connectivity index (χ0n) is 19.1. The number of carbonyl (C=O) groups is 2. The van der Waals surface area contributed by atoms with Crippen molar-refractivity contribution in [2.75, 3.05) is 25.9 Å². The number of nitrogens with two attached hydrogens (primary N) is 1. The predicted octanol–water partition coefficient (Wildman–Crippen LogP) is 2.74. The highest BCUT2D eigenvalue weighted by Gasteiger charge is 2.29. The Morgan fingerprint density at radius 3 is 2.80 bits per heavy atom. The maximum atomic E-state index is 12.9. The van der Waals surface area contributed by atoms with Crippen molar-refractivity contribution in [1.82, 2.24) is 20.5 Å². The van der Waals surface area contributed by atoms with Gasteiger partial charge in [0.1, 0.15) is 17.3 Å². The van der Waals surface area contributed by atoms with Gasteiger partial charge in [0, 0.05) is 55.9 Å². The number of anilines is 1. The Hall–Kier alpha value is -4.60. The standard InChI is InChI=1S/C25H26N6O4/c1-28-12-18(11-26)17-10-22(23(27)29-13-17)24(33)30-19-6-7-31(14-19)25(34)35-21-5-3-15-2-4-20(32)8-16(15)9-21/h2-5,8-13,19,26,28,32H,6-7,14H2,1H3,(H2,27,29)(H,30,33)/b18-12+,26-11?/t19-/m1/s1. The Bertz CT molecular complexity index is 1320. The number of carbonyl (C=O) groups excluding carboxylic acids is 2. The number of nitrogen functional groups attached to an aromatic ring is 1. The minimum Gasteiger partial charge on any atom is -0.508 e. The SMILES string of the molecule is CN/C=C(\C=N)c1cnc(N)c(C(=O)N[C@@H]2CCN(C(=O)Oc3ccc4ccc(O)cc4c3)C2)c1. The van der Waals surface area contributed by atoms with Gasteiger partial charge in [0.25, 0.3) is 5.91 Å². The maximum Gasteiger partial charge on any atom is 0.415 e. The van der Waals surface area contributed by atoms with Gasteiger partial charge in [-0.15, -0.1) is 0 Å². The van der Waals surface area contributed by atoms with E-state index in [2.05, 4.69) is 15.6 Å². The zero-order chi connectivity index (χ0) is 24.9. The average molecular weight is 475 g/mol. The summed E-state index contributed by atoms with van der Waals surface area (Å²) in [5, 5.41) is 24.7. The number of fused-ring (bicyclic) bond motifs is 1. The van der Waals surface area contributed by atoms with E-state index in [4.69, 9.17) is 15.9 Å². The Labute approximate surface area is 201 Å². The van der Waals surface area contributed by atoms with Crippen LogP contribution < -0.4 is 21.1 Å². The summed E-state index contributed by atoms with van der Waals surface area (Å²) >= 11 is 0. The molecule has 1 fully saturated rings. The number of likely N-dealkylation sites (tertiary alicyclic amines) is 1. The van der Waals surface area contributed by atoms with Crippen LogP contribution in [0, 0.1) is 5.41 Å². The van der Waals surface area contributed by atoms with Gasteiger partial charge in [-0.3, -0.25) is 4.79 Å². The fourth-order valence-corrected chi connectivity index (χ4v) is 3.93. The van der Waals surface area contributed by atoms with E-state index in [1.54, 1.807) is 49.6 Å². The summed E-state index contributed by atoms with van der Waals surface area (Å²) in [6, 6.07) is 11.5. The Kier molecular flexibility index (Phi) is 6.81. The molecule has 0 bridgehead atoms. The highest BCUT2D eigenvalue weighted by molar-refractivity contribution is 6.09. The molecule has 1 aromatic heterocycles. The lowest BCUT2D eigenvalue weighted by Gasteiger charge is -2.17. The molecule has 3 aromatic rings. The van der Waals surface area contributed by atoms with Crippen molar-refractivity contribution < 1.29 is 19.4 Å². The zero-order valence-corrected chi connectivity index (χ0v) is 19.1. The molecule has 10 nitrogen and oxygen atoms in total. The second kappa shape index (κ2) is 10.1. The molecule has 0 unspecified atom stereocenters. The number of phenolic OH excluding ortho intramolecular Hbond substituents is 1. The number of aromatic nitrogens is 1. The van der Waals surface area contributed by atoms with Gasteiger partial charge in [-0.25, -0.2) is 9.78 Å². The van der Waals surface area contributed by atoms with Gasteiger partial charge in [0.15, 0.2) is 0 Å². The summed E-state index contributed by atoms with van der Waals surface area (Å²) in [5.74, 6) is 0.178. The van der Waals surface area contributed by atoms with E-state index in [1.807, 2.05) is 6.07 Å². The van der Waals surface area contributed by atoms with Crippen molar-refractivity contribution in [2.45, 2.75) is 12.5 Å². The molecule has 0 spiro atoms. The molecule has 2 heterocycles. The molecule has 6 N–H and O–H groups in total. The third-order valence-corrected chi connectivity index (χ3v) is 5.73. The minimum atomic E-state index is -0.516. The normalized spacial score (nSPS) is 15.6. The molecule has 0 saturated carbocycles. The molecule has 1 aliphatic heterocycles. The highest BCUT2D eigenvalue weighted by Crippen LogP contribution is 2.25. The van der Waals surface area contributed by atoms with Crippen LogP contribution in [0.3, 0.4) is 0 Å². The van der Waals surface area contributed by atoms with Crippen molar-refractivity contribution >= 4 is 40.4 Å². The fraction of sp³-hybridized carbons (Fsp3) is 0.200. The Balaban J connectivity index is 1.39. The molecule has 1 saturated heterocycles. The van der Waals surface area contributed by atoms with Gasteiger partial charge in [0.05, 0.1) is 5.56 Å². The first-order valence-corrected chi connectivity index (χ1v) is 11.0. The molecule has 0 aliphatic carbocycles.